The van der Waals surface area contributed by atoms with Crippen LogP contribution < -0.4 is 4.74 Å². The van der Waals surface area contributed by atoms with Gasteiger partial charge in [-0.15, -0.1) is 13.2 Å². The standard InChI is InChI=1S/C7H2Br2ClF3O/c8-4-1-3(10)2-5(6(4)9)14-7(11,12)13/h1-2H. The largest absolute Gasteiger partial charge is 0.573 e. The van der Waals surface area contributed by atoms with Crippen LogP contribution in [-0.4, -0.2) is 6.36 Å². The van der Waals surface area contributed by atoms with Crippen molar-refractivity contribution in [3.8, 4) is 5.75 Å². The second-order valence-electron chi connectivity index (χ2n) is 2.25. The predicted molar refractivity (Wildman–Crippen MR) is 53.5 cm³/mol. The minimum atomic E-state index is -4.73. The zero-order valence-electron chi connectivity index (χ0n) is 6.33. The van der Waals surface area contributed by atoms with Crippen molar-refractivity contribution in [3.05, 3.63) is 26.1 Å². The van der Waals surface area contributed by atoms with E-state index in [4.69, 9.17) is 11.6 Å². The van der Waals surface area contributed by atoms with E-state index in [1.54, 1.807) is 0 Å². The van der Waals surface area contributed by atoms with Crippen molar-refractivity contribution in [2.24, 2.45) is 0 Å². The molecule has 0 spiro atoms. The fourth-order valence-corrected chi connectivity index (χ4v) is 1.82. The summed E-state index contributed by atoms with van der Waals surface area (Å²) >= 11 is 11.5. The van der Waals surface area contributed by atoms with Gasteiger partial charge in [0.15, 0.2) is 0 Å². The van der Waals surface area contributed by atoms with Crippen molar-refractivity contribution in [3.63, 3.8) is 0 Å². The molecule has 0 unspecified atom stereocenters. The molecule has 0 aliphatic rings. The molecule has 0 radical (unpaired) electrons. The first-order valence-electron chi connectivity index (χ1n) is 3.20. The molecule has 14 heavy (non-hydrogen) atoms. The number of hydrogen-bond acceptors (Lipinski definition) is 1. The van der Waals surface area contributed by atoms with Crippen LogP contribution in [0.25, 0.3) is 0 Å². The highest BCUT2D eigenvalue weighted by Crippen LogP contribution is 2.38. The summed E-state index contributed by atoms with van der Waals surface area (Å²) in [7, 11) is 0. The molecule has 0 amide bonds. The van der Waals surface area contributed by atoms with Crippen molar-refractivity contribution >= 4 is 43.5 Å². The van der Waals surface area contributed by atoms with Gasteiger partial charge in [-0.2, -0.15) is 0 Å². The summed E-state index contributed by atoms with van der Waals surface area (Å²) in [5.41, 5.74) is 0. The van der Waals surface area contributed by atoms with E-state index in [2.05, 4.69) is 36.6 Å². The van der Waals surface area contributed by atoms with Gasteiger partial charge in [0.05, 0.1) is 4.47 Å². The first kappa shape index (κ1) is 12.1. The molecule has 0 aromatic heterocycles. The van der Waals surface area contributed by atoms with Crippen LogP contribution in [0.5, 0.6) is 5.75 Å². The topological polar surface area (TPSA) is 9.23 Å². The molecular formula is C7H2Br2ClF3O. The Hall–Kier alpha value is 0.0600. The van der Waals surface area contributed by atoms with Crippen LogP contribution >= 0.6 is 43.5 Å². The van der Waals surface area contributed by atoms with Crippen molar-refractivity contribution in [2.45, 2.75) is 6.36 Å². The Morgan fingerprint density at radius 2 is 1.79 bits per heavy atom. The Balaban J connectivity index is 3.09. The Kier molecular flexibility index (Phi) is 3.71. The van der Waals surface area contributed by atoms with E-state index in [1.807, 2.05) is 0 Å². The fraction of sp³-hybridized carbons (Fsp3) is 0.143. The van der Waals surface area contributed by atoms with Gasteiger partial charge in [0.1, 0.15) is 5.75 Å². The molecule has 0 aliphatic heterocycles. The second kappa shape index (κ2) is 4.28. The number of rotatable bonds is 1. The normalized spacial score (nSPS) is 11.6. The third kappa shape index (κ3) is 3.33. The van der Waals surface area contributed by atoms with Crippen LogP contribution in [0, 0.1) is 0 Å². The van der Waals surface area contributed by atoms with Crippen molar-refractivity contribution in [2.75, 3.05) is 0 Å². The van der Waals surface area contributed by atoms with Crippen LogP contribution in [-0.2, 0) is 0 Å². The van der Waals surface area contributed by atoms with Gasteiger partial charge in [0.25, 0.3) is 0 Å². The molecule has 7 heteroatoms. The summed E-state index contributed by atoms with van der Waals surface area (Å²) in [6, 6.07) is 2.53. The van der Waals surface area contributed by atoms with Gasteiger partial charge in [0.2, 0.25) is 0 Å². The molecule has 0 fully saturated rings. The quantitative estimate of drug-likeness (QED) is 0.661. The summed E-state index contributed by atoms with van der Waals surface area (Å²) < 4.78 is 39.9. The fourth-order valence-electron chi connectivity index (χ4n) is 0.731. The van der Waals surface area contributed by atoms with Crippen LogP contribution in [0.15, 0.2) is 21.1 Å². The monoisotopic (exact) mass is 352 g/mol. The zero-order valence-corrected chi connectivity index (χ0v) is 10.3. The van der Waals surface area contributed by atoms with E-state index in [-0.39, 0.29) is 15.2 Å². The Morgan fingerprint density at radius 3 is 2.29 bits per heavy atom. The maximum Gasteiger partial charge on any atom is 0.573 e. The van der Waals surface area contributed by atoms with Gasteiger partial charge in [-0.1, -0.05) is 11.6 Å². The van der Waals surface area contributed by atoms with E-state index in [9.17, 15) is 13.2 Å². The van der Waals surface area contributed by atoms with Crippen LogP contribution in [0.4, 0.5) is 13.2 Å². The minimum Gasteiger partial charge on any atom is -0.404 e. The van der Waals surface area contributed by atoms with Gasteiger partial charge in [0, 0.05) is 15.6 Å². The lowest BCUT2D eigenvalue weighted by Gasteiger charge is -2.11. The molecule has 0 N–H and O–H groups in total. The highest BCUT2D eigenvalue weighted by molar-refractivity contribution is 9.13. The van der Waals surface area contributed by atoms with Gasteiger partial charge in [-0.25, -0.2) is 0 Å². The highest BCUT2D eigenvalue weighted by atomic mass is 79.9. The average Bonchev–Trinajstić information content (AvgIpc) is 1.96. The minimum absolute atomic E-state index is 0.152. The Labute approximate surface area is 99.4 Å². The van der Waals surface area contributed by atoms with Gasteiger partial charge in [-0.3, -0.25) is 0 Å². The molecule has 1 aromatic carbocycles. The highest BCUT2D eigenvalue weighted by Gasteiger charge is 2.32. The maximum absolute atomic E-state index is 11.9. The van der Waals surface area contributed by atoms with Crippen LogP contribution in [0.1, 0.15) is 0 Å². The van der Waals surface area contributed by atoms with Gasteiger partial charge >= 0.3 is 6.36 Å². The Bertz CT molecular complexity index is 354. The summed E-state index contributed by atoms with van der Waals surface area (Å²) in [5, 5.41) is 0.152. The molecule has 1 aromatic rings. The molecule has 0 saturated heterocycles. The van der Waals surface area contributed by atoms with Gasteiger partial charge < -0.3 is 4.74 Å². The molecule has 1 rings (SSSR count). The molecule has 0 heterocycles. The third-order valence-electron chi connectivity index (χ3n) is 1.19. The molecule has 78 valence electrons. The first-order valence-corrected chi connectivity index (χ1v) is 5.16. The molecule has 0 saturated carbocycles. The Morgan fingerprint density at radius 1 is 1.21 bits per heavy atom. The lowest BCUT2D eigenvalue weighted by molar-refractivity contribution is -0.274. The molecule has 1 nitrogen and oxygen atoms in total. The SMILES string of the molecule is FC(F)(F)Oc1cc(Cl)cc(Br)c1Br. The maximum atomic E-state index is 11.9. The lowest BCUT2D eigenvalue weighted by atomic mass is 10.3. The van der Waals surface area contributed by atoms with Crippen molar-refractivity contribution < 1.29 is 17.9 Å². The number of ether oxygens (including phenoxy) is 1. The summed E-state index contributed by atoms with van der Waals surface area (Å²) in [6.45, 7) is 0. The predicted octanol–water partition coefficient (Wildman–Crippen LogP) is 4.76. The van der Waals surface area contributed by atoms with E-state index in [0.29, 0.717) is 4.47 Å². The molecule has 0 aliphatic carbocycles. The second-order valence-corrected chi connectivity index (χ2v) is 4.33. The summed E-state index contributed by atoms with van der Waals surface area (Å²) in [6.07, 6.45) is -4.73. The van der Waals surface area contributed by atoms with E-state index in [0.717, 1.165) is 6.07 Å². The third-order valence-corrected chi connectivity index (χ3v) is 3.38. The zero-order chi connectivity index (χ0) is 10.9. The van der Waals surface area contributed by atoms with Crippen LogP contribution in [0.2, 0.25) is 5.02 Å². The summed E-state index contributed by atoms with van der Waals surface area (Å²) in [5.74, 6) is -0.378. The number of benzene rings is 1. The van der Waals surface area contributed by atoms with E-state index >= 15 is 0 Å². The first-order chi connectivity index (χ1) is 6.29. The van der Waals surface area contributed by atoms with Crippen LogP contribution in [0.3, 0.4) is 0 Å². The van der Waals surface area contributed by atoms with Crippen molar-refractivity contribution in [1.82, 2.24) is 0 Å². The number of halogens is 6. The van der Waals surface area contributed by atoms with Crippen molar-refractivity contribution in [1.29, 1.82) is 0 Å². The smallest absolute Gasteiger partial charge is 0.404 e. The molecule has 0 atom stereocenters. The van der Waals surface area contributed by atoms with E-state index in [1.165, 1.54) is 6.07 Å². The van der Waals surface area contributed by atoms with E-state index < -0.39 is 6.36 Å². The lowest BCUT2D eigenvalue weighted by Crippen LogP contribution is -2.17. The number of hydrogen-bond donors (Lipinski definition) is 0. The molecular weight excluding hydrogens is 352 g/mol. The van der Waals surface area contributed by atoms with Gasteiger partial charge in [-0.05, 0) is 37.9 Å². The summed E-state index contributed by atoms with van der Waals surface area (Å²) in [4.78, 5) is 0. The molecule has 0 bridgehead atoms. The number of alkyl halides is 3. The average molecular weight is 354 g/mol.